The predicted molar refractivity (Wildman–Crippen MR) is 83.9 cm³/mol. The summed E-state index contributed by atoms with van der Waals surface area (Å²) >= 11 is 0. The SMILES string of the molecule is CCC1CCN(c2nc3ccccc3n2C)C(CN)C1. The molecule has 2 atom stereocenters. The first-order valence-electron chi connectivity index (χ1n) is 7.62. The molecular formula is C16H24N4. The third kappa shape index (κ3) is 2.18. The smallest absolute Gasteiger partial charge is 0.206 e. The van der Waals surface area contributed by atoms with Crippen molar-refractivity contribution in [2.45, 2.75) is 32.2 Å². The summed E-state index contributed by atoms with van der Waals surface area (Å²) in [5, 5.41) is 0. The number of hydrogen-bond donors (Lipinski definition) is 1. The quantitative estimate of drug-likeness (QED) is 0.934. The molecule has 20 heavy (non-hydrogen) atoms. The molecule has 0 saturated carbocycles. The van der Waals surface area contributed by atoms with Gasteiger partial charge in [-0.25, -0.2) is 4.98 Å². The topological polar surface area (TPSA) is 47.1 Å². The molecule has 1 fully saturated rings. The zero-order valence-electron chi connectivity index (χ0n) is 12.4. The minimum atomic E-state index is 0.421. The lowest BCUT2D eigenvalue weighted by Gasteiger charge is -2.39. The van der Waals surface area contributed by atoms with Gasteiger partial charge in [0, 0.05) is 26.2 Å². The number of rotatable bonds is 3. The van der Waals surface area contributed by atoms with Crippen LogP contribution in [-0.2, 0) is 7.05 Å². The summed E-state index contributed by atoms with van der Waals surface area (Å²) < 4.78 is 2.20. The predicted octanol–water partition coefficient (Wildman–Crippen LogP) is 2.53. The van der Waals surface area contributed by atoms with Crippen molar-refractivity contribution in [3.05, 3.63) is 24.3 Å². The molecule has 0 spiro atoms. The lowest BCUT2D eigenvalue weighted by molar-refractivity contribution is 0.331. The normalized spacial score (nSPS) is 23.4. The Bertz CT molecular complexity index is 589. The number of benzene rings is 1. The van der Waals surface area contributed by atoms with E-state index in [0.29, 0.717) is 12.6 Å². The average molecular weight is 272 g/mol. The summed E-state index contributed by atoms with van der Waals surface area (Å²) in [4.78, 5) is 7.23. The molecule has 0 amide bonds. The molecule has 0 aliphatic carbocycles. The molecule has 108 valence electrons. The van der Waals surface area contributed by atoms with Gasteiger partial charge in [-0.15, -0.1) is 0 Å². The zero-order valence-corrected chi connectivity index (χ0v) is 12.4. The van der Waals surface area contributed by atoms with Crippen molar-refractivity contribution < 1.29 is 0 Å². The minimum Gasteiger partial charge on any atom is -0.338 e. The standard InChI is InChI=1S/C16H24N4/c1-3-12-8-9-20(13(10-12)11-17)16-18-14-6-4-5-7-15(14)19(16)2/h4-7,12-13H,3,8-11,17H2,1-2H3. The van der Waals surface area contributed by atoms with E-state index >= 15 is 0 Å². The van der Waals surface area contributed by atoms with Crippen LogP contribution in [-0.4, -0.2) is 28.7 Å². The highest BCUT2D eigenvalue weighted by Crippen LogP contribution is 2.30. The second-order valence-electron chi connectivity index (χ2n) is 5.84. The molecule has 2 aromatic rings. The van der Waals surface area contributed by atoms with Crippen LogP contribution in [0.25, 0.3) is 11.0 Å². The third-order valence-electron chi connectivity index (χ3n) is 4.69. The van der Waals surface area contributed by atoms with Gasteiger partial charge in [0.15, 0.2) is 0 Å². The monoisotopic (exact) mass is 272 g/mol. The first-order valence-corrected chi connectivity index (χ1v) is 7.62. The number of piperidine rings is 1. The van der Waals surface area contributed by atoms with Gasteiger partial charge >= 0.3 is 0 Å². The number of hydrogen-bond acceptors (Lipinski definition) is 3. The highest BCUT2D eigenvalue weighted by atomic mass is 15.3. The van der Waals surface area contributed by atoms with Crippen LogP contribution in [0.15, 0.2) is 24.3 Å². The number of aromatic nitrogens is 2. The molecule has 1 aromatic heterocycles. The first-order chi connectivity index (χ1) is 9.74. The highest BCUT2D eigenvalue weighted by Gasteiger charge is 2.29. The van der Waals surface area contributed by atoms with Crippen molar-refractivity contribution in [2.24, 2.45) is 18.7 Å². The number of aryl methyl sites for hydroxylation is 1. The zero-order chi connectivity index (χ0) is 14.1. The number of imidazole rings is 1. The van der Waals surface area contributed by atoms with Gasteiger partial charge in [-0.2, -0.15) is 0 Å². The van der Waals surface area contributed by atoms with Crippen molar-refractivity contribution in [3.8, 4) is 0 Å². The van der Waals surface area contributed by atoms with Crippen molar-refractivity contribution in [1.29, 1.82) is 0 Å². The molecule has 2 heterocycles. The van der Waals surface area contributed by atoms with Crippen molar-refractivity contribution in [3.63, 3.8) is 0 Å². The van der Waals surface area contributed by atoms with Gasteiger partial charge in [-0.3, -0.25) is 0 Å². The van der Waals surface area contributed by atoms with Crippen molar-refractivity contribution in [2.75, 3.05) is 18.0 Å². The van der Waals surface area contributed by atoms with Crippen molar-refractivity contribution >= 4 is 17.0 Å². The molecule has 0 radical (unpaired) electrons. The maximum atomic E-state index is 6.01. The van der Waals surface area contributed by atoms with E-state index in [1.54, 1.807) is 0 Å². The summed E-state index contributed by atoms with van der Waals surface area (Å²) in [5.41, 5.74) is 8.27. The number of fused-ring (bicyclic) bond motifs is 1. The Morgan fingerprint density at radius 1 is 1.35 bits per heavy atom. The van der Waals surface area contributed by atoms with Crippen molar-refractivity contribution in [1.82, 2.24) is 9.55 Å². The van der Waals surface area contributed by atoms with Crippen LogP contribution in [0.3, 0.4) is 0 Å². The number of anilines is 1. The second-order valence-corrected chi connectivity index (χ2v) is 5.84. The lowest BCUT2D eigenvalue weighted by atomic mass is 9.89. The average Bonchev–Trinajstić information content (AvgIpc) is 2.84. The molecule has 0 bridgehead atoms. The van der Waals surface area contributed by atoms with Crippen LogP contribution in [0.2, 0.25) is 0 Å². The summed E-state index contributed by atoms with van der Waals surface area (Å²) in [7, 11) is 2.10. The van der Waals surface area contributed by atoms with E-state index in [1.807, 2.05) is 6.07 Å². The highest BCUT2D eigenvalue weighted by molar-refractivity contribution is 5.78. The Labute approximate surface area is 120 Å². The van der Waals surface area contributed by atoms with Gasteiger partial charge < -0.3 is 15.2 Å². The van der Waals surface area contributed by atoms with E-state index in [2.05, 4.69) is 41.6 Å². The summed E-state index contributed by atoms with van der Waals surface area (Å²) in [6, 6.07) is 8.74. The summed E-state index contributed by atoms with van der Waals surface area (Å²) in [6.45, 7) is 4.06. The molecule has 1 aliphatic heterocycles. The molecule has 1 aromatic carbocycles. The summed E-state index contributed by atoms with van der Waals surface area (Å²) in [6.07, 6.45) is 3.69. The van der Waals surface area contributed by atoms with Crippen LogP contribution < -0.4 is 10.6 Å². The second kappa shape index (κ2) is 5.44. The van der Waals surface area contributed by atoms with Crippen LogP contribution in [0, 0.1) is 5.92 Å². The molecule has 2 N–H and O–H groups in total. The Kier molecular flexibility index (Phi) is 3.66. The van der Waals surface area contributed by atoms with E-state index < -0.39 is 0 Å². The van der Waals surface area contributed by atoms with Gasteiger partial charge in [0.05, 0.1) is 11.0 Å². The molecule has 4 nitrogen and oxygen atoms in total. The molecule has 3 rings (SSSR count). The van der Waals surface area contributed by atoms with Crippen LogP contribution in [0.4, 0.5) is 5.95 Å². The Balaban J connectivity index is 1.95. The van der Waals surface area contributed by atoms with E-state index in [4.69, 9.17) is 10.7 Å². The molecule has 2 unspecified atom stereocenters. The van der Waals surface area contributed by atoms with E-state index in [1.165, 1.54) is 24.8 Å². The first kappa shape index (κ1) is 13.4. The Hall–Kier alpha value is -1.55. The van der Waals surface area contributed by atoms with Gasteiger partial charge in [0.25, 0.3) is 0 Å². The van der Waals surface area contributed by atoms with Crippen LogP contribution in [0.5, 0.6) is 0 Å². The molecule has 4 heteroatoms. The van der Waals surface area contributed by atoms with Gasteiger partial charge in [-0.1, -0.05) is 25.5 Å². The fourth-order valence-electron chi connectivity index (χ4n) is 3.38. The van der Waals surface area contributed by atoms with E-state index in [0.717, 1.165) is 23.9 Å². The lowest BCUT2D eigenvalue weighted by Crippen LogP contribution is -2.47. The fraction of sp³-hybridized carbons (Fsp3) is 0.562. The third-order valence-corrected chi connectivity index (χ3v) is 4.69. The number of para-hydroxylation sites is 2. The van der Waals surface area contributed by atoms with Gasteiger partial charge in [-0.05, 0) is 30.9 Å². The largest absolute Gasteiger partial charge is 0.338 e. The molecular weight excluding hydrogens is 248 g/mol. The Morgan fingerprint density at radius 3 is 2.85 bits per heavy atom. The fourth-order valence-corrected chi connectivity index (χ4v) is 3.38. The van der Waals surface area contributed by atoms with Crippen LogP contribution in [0.1, 0.15) is 26.2 Å². The van der Waals surface area contributed by atoms with Gasteiger partial charge in [0.2, 0.25) is 5.95 Å². The van der Waals surface area contributed by atoms with Crippen LogP contribution >= 0.6 is 0 Å². The molecule has 1 saturated heterocycles. The molecule has 1 aliphatic rings. The summed E-state index contributed by atoms with van der Waals surface area (Å²) in [5.74, 6) is 1.88. The van der Waals surface area contributed by atoms with E-state index in [9.17, 15) is 0 Å². The maximum absolute atomic E-state index is 6.01. The number of nitrogens with zero attached hydrogens (tertiary/aromatic N) is 3. The van der Waals surface area contributed by atoms with E-state index in [-0.39, 0.29) is 0 Å². The maximum Gasteiger partial charge on any atom is 0.206 e. The van der Waals surface area contributed by atoms with Gasteiger partial charge in [0.1, 0.15) is 0 Å². The Morgan fingerprint density at radius 2 is 2.15 bits per heavy atom. The minimum absolute atomic E-state index is 0.421. The number of nitrogens with two attached hydrogens (primary N) is 1.